The Morgan fingerprint density at radius 3 is 2.72 bits per heavy atom. The molecule has 18 heavy (non-hydrogen) atoms. The second-order valence-corrected chi connectivity index (χ2v) is 4.09. The fourth-order valence-corrected chi connectivity index (χ4v) is 1.87. The monoisotopic (exact) mass is 237 g/mol. The SMILES string of the molecule is O=C1N=Cc2cc(OCc3ccccc3)ccc21. The molecule has 3 heteroatoms. The van der Waals surface area contributed by atoms with Crippen LogP contribution < -0.4 is 4.74 Å². The van der Waals surface area contributed by atoms with E-state index in [0.29, 0.717) is 12.2 Å². The zero-order valence-electron chi connectivity index (χ0n) is 9.67. The molecule has 0 bridgehead atoms. The predicted octanol–water partition coefficient (Wildman–Crippen LogP) is 2.84. The summed E-state index contributed by atoms with van der Waals surface area (Å²) in [4.78, 5) is 15.1. The highest BCUT2D eigenvalue weighted by molar-refractivity contribution is 6.13. The summed E-state index contributed by atoms with van der Waals surface area (Å²) >= 11 is 0. The molecular weight excluding hydrogens is 226 g/mol. The van der Waals surface area contributed by atoms with Crippen LogP contribution in [0.4, 0.5) is 0 Å². The van der Waals surface area contributed by atoms with Gasteiger partial charge in [0.1, 0.15) is 12.4 Å². The zero-order valence-corrected chi connectivity index (χ0v) is 9.67. The van der Waals surface area contributed by atoms with Crippen molar-refractivity contribution in [2.24, 2.45) is 4.99 Å². The minimum Gasteiger partial charge on any atom is -0.489 e. The molecule has 3 nitrogen and oxygen atoms in total. The Morgan fingerprint density at radius 2 is 1.89 bits per heavy atom. The van der Waals surface area contributed by atoms with Crippen LogP contribution in [0, 0.1) is 0 Å². The van der Waals surface area contributed by atoms with E-state index in [1.54, 1.807) is 18.3 Å². The molecule has 2 aromatic rings. The van der Waals surface area contributed by atoms with Gasteiger partial charge in [0.15, 0.2) is 0 Å². The summed E-state index contributed by atoms with van der Waals surface area (Å²) in [5, 5.41) is 0. The molecule has 0 saturated heterocycles. The molecule has 2 aromatic carbocycles. The number of aliphatic imine (C=N–C) groups is 1. The van der Waals surface area contributed by atoms with Gasteiger partial charge in [0.25, 0.3) is 5.91 Å². The Balaban J connectivity index is 1.75. The Bertz CT molecular complexity index is 618. The molecule has 1 amide bonds. The quantitative estimate of drug-likeness (QED) is 0.823. The van der Waals surface area contributed by atoms with Crippen molar-refractivity contribution in [1.82, 2.24) is 0 Å². The number of rotatable bonds is 3. The van der Waals surface area contributed by atoms with Crippen LogP contribution in [0.3, 0.4) is 0 Å². The molecule has 88 valence electrons. The summed E-state index contributed by atoms with van der Waals surface area (Å²) in [6.07, 6.45) is 1.58. The second-order valence-electron chi connectivity index (χ2n) is 4.09. The van der Waals surface area contributed by atoms with E-state index < -0.39 is 0 Å². The number of hydrogen-bond acceptors (Lipinski definition) is 2. The third kappa shape index (κ3) is 2.02. The molecule has 0 N–H and O–H groups in total. The average Bonchev–Trinajstić information content (AvgIpc) is 2.79. The smallest absolute Gasteiger partial charge is 0.277 e. The standard InChI is InChI=1S/C15H11NO2/c17-15-14-7-6-13(8-12(14)9-16-15)18-10-11-4-2-1-3-5-11/h1-9H,10H2. The summed E-state index contributed by atoms with van der Waals surface area (Å²) in [5.41, 5.74) is 2.58. The maximum Gasteiger partial charge on any atom is 0.277 e. The van der Waals surface area contributed by atoms with Gasteiger partial charge in [0.05, 0.1) is 5.56 Å². The summed E-state index contributed by atoms with van der Waals surface area (Å²) in [6, 6.07) is 15.4. The lowest BCUT2D eigenvalue weighted by Gasteiger charge is -2.07. The van der Waals surface area contributed by atoms with Gasteiger partial charge in [-0.1, -0.05) is 30.3 Å². The molecule has 1 heterocycles. The Kier molecular flexibility index (Phi) is 2.65. The van der Waals surface area contributed by atoms with Crippen LogP contribution in [0.15, 0.2) is 53.5 Å². The van der Waals surface area contributed by atoms with Gasteiger partial charge in [0.2, 0.25) is 0 Å². The Hall–Kier alpha value is -2.42. The van der Waals surface area contributed by atoms with E-state index in [9.17, 15) is 4.79 Å². The van der Waals surface area contributed by atoms with E-state index in [-0.39, 0.29) is 5.91 Å². The van der Waals surface area contributed by atoms with E-state index in [0.717, 1.165) is 16.9 Å². The maximum absolute atomic E-state index is 11.3. The molecule has 0 unspecified atom stereocenters. The van der Waals surface area contributed by atoms with Crippen molar-refractivity contribution in [1.29, 1.82) is 0 Å². The van der Waals surface area contributed by atoms with Crippen LogP contribution >= 0.6 is 0 Å². The van der Waals surface area contributed by atoms with Crippen molar-refractivity contribution in [3.8, 4) is 5.75 Å². The highest BCUT2D eigenvalue weighted by atomic mass is 16.5. The lowest BCUT2D eigenvalue weighted by Crippen LogP contribution is -1.97. The van der Waals surface area contributed by atoms with Crippen molar-refractivity contribution < 1.29 is 9.53 Å². The Labute approximate surface area is 105 Å². The predicted molar refractivity (Wildman–Crippen MR) is 69.1 cm³/mol. The first-order chi connectivity index (χ1) is 8.83. The van der Waals surface area contributed by atoms with Gasteiger partial charge in [-0.3, -0.25) is 4.79 Å². The molecule has 0 saturated carbocycles. The van der Waals surface area contributed by atoms with Crippen molar-refractivity contribution in [3.05, 3.63) is 65.2 Å². The lowest BCUT2D eigenvalue weighted by atomic mass is 10.1. The van der Waals surface area contributed by atoms with Crippen LogP contribution in [0.5, 0.6) is 5.75 Å². The van der Waals surface area contributed by atoms with Gasteiger partial charge in [-0.15, -0.1) is 0 Å². The average molecular weight is 237 g/mol. The van der Waals surface area contributed by atoms with Gasteiger partial charge in [0, 0.05) is 11.8 Å². The number of hydrogen-bond donors (Lipinski definition) is 0. The van der Waals surface area contributed by atoms with Crippen molar-refractivity contribution >= 4 is 12.1 Å². The minimum atomic E-state index is -0.181. The van der Waals surface area contributed by atoms with Crippen molar-refractivity contribution in [2.75, 3.05) is 0 Å². The largest absolute Gasteiger partial charge is 0.489 e. The summed E-state index contributed by atoms with van der Waals surface area (Å²) < 4.78 is 5.68. The first-order valence-corrected chi connectivity index (χ1v) is 5.72. The molecule has 0 radical (unpaired) electrons. The minimum absolute atomic E-state index is 0.181. The topological polar surface area (TPSA) is 38.7 Å². The molecule has 0 aromatic heterocycles. The number of carbonyl (C=O) groups is 1. The number of fused-ring (bicyclic) bond motifs is 1. The van der Waals surface area contributed by atoms with Crippen LogP contribution in [0.25, 0.3) is 0 Å². The molecule has 0 spiro atoms. The fraction of sp³-hybridized carbons (Fsp3) is 0.0667. The lowest BCUT2D eigenvalue weighted by molar-refractivity contribution is 0.101. The third-order valence-electron chi connectivity index (χ3n) is 2.82. The highest BCUT2D eigenvalue weighted by Crippen LogP contribution is 2.21. The van der Waals surface area contributed by atoms with E-state index in [2.05, 4.69) is 4.99 Å². The molecule has 0 atom stereocenters. The molecular formula is C15H11NO2. The summed E-state index contributed by atoms with van der Waals surface area (Å²) in [5.74, 6) is 0.568. The highest BCUT2D eigenvalue weighted by Gasteiger charge is 2.15. The molecule has 3 rings (SSSR count). The van der Waals surface area contributed by atoms with Crippen LogP contribution in [-0.2, 0) is 6.61 Å². The van der Waals surface area contributed by atoms with Gasteiger partial charge in [-0.05, 0) is 23.8 Å². The maximum atomic E-state index is 11.3. The third-order valence-corrected chi connectivity index (χ3v) is 2.82. The summed E-state index contributed by atoms with van der Waals surface area (Å²) in [7, 11) is 0. The second kappa shape index (κ2) is 4.45. The number of nitrogens with zero attached hydrogens (tertiary/aromatic N) is 1. The van der Waals surface area contributed by atoms with E-state index in [1.807, 2.05) is 36.4 Å². The molecule has 0 aliphatic carbocycles. The Morgan fingerprint density at radius 1 is 1.06 bits per heavy atom. The number of carbonyl (C=O) groups excluding carboxylic acids is 1. The number of benzene rings is 2. The van der Waals surface area contributed by atoms with E-state index in [1.165, 1.54) is 0 Å². The van der Waals surface area contributed by atoms with Crippen molar-refractivity contribution in [3.63, 3.8) is 0 Å². The van der Waals surface area contributed by atoms with Gasteiger partial charge in [-0.2, -0.15) is 0 Å². The molecule has 0 fully saturated rings. The fourth-order valence-electron chi connectivity index (χ4n) is 1.87. The van der Waals surface area contributed by atoms with E-state index >= 15 is 0 Å². The zero-order chi connectivity index (χ0) is 12.4. The molecule has 1 aliphatic heterocycles. The number of amides is 1. The van der Waals surface area contributed by atoms with E-state index in [4.69, 9.17) is 4.74 Å². The summed E-state index contributed by atoms with van der Waals surface area (Å²) in [6.45, 7) is 0.519. The van der Waals surface area contributed by atoms with Gasteiger partial charge < -0.3 is 4.74 Å². The molecule has 1 aliphatic rings. The normalized spacial score (nSPS) is 12.6. The van der Waals surface area contributed by atoms with Crippen LogP contribution in [-0.4, -0.2) is 12.1 Å². The first-order valence-electron chi connectivity index (χ1n) is 5.72. The van der Waals surface area contributed by atoms with Crippen molar-refractivity contribution in [2.45, 2.75) is 6.61 Å². The van der Waals surface area contributed by atoms with Crippen LogP contribution in [0.2, 0.25) is 0 Å². The number of ether oxygens (including phenoxy) is 1. The van der Waals surface area contributed by atoms with Gasteiger partial charge >= 0.3 is 0 Å². The first kappa shape index (κ1) is 10.7. The van der Waals surface area contributed by atoms with Gasteiger partial charge in [-0.25, -0.2) is 4.99 Å². The van der Waals surface area contributed by atoms with Crippen LogP contribution in [0.1, 0.15) is 21.5 Å².